The van der Waals surface area contributed by atoms with Crippen LogP contribution in [0.15, 0.2) is 30.3 Å². The van der Waals surface area contributed by atoms with Crippen molar-refractivity contribution in [2.45, 2.75) is 77.0 Å². The molecule has 4 rings (SSSR count). The third-order valence-electron chi connectivity index (χ3n) is 7.34. The first-order chi connectivity index (χ1) is 13.2. The van der Waals surface area contributed by atoms with Crippen LogP contribution in [-0.4, -0.2) is 0 Å². The maximum atomic E-state index is 15.1. The summed E-state index contributed by atoms with van der Waals surface area (Å²) in [5, 5.41) is 0.842. The van der Waals surface area contributed by atoms with Crippen molar-refractivity contribution < 1.29 is 8.78 Å². The van der Waals surface area contributed by atoms with Crippen molar-refractivity contribution in [3.05, 3.63) is 47.5 Å². The summed E-state index contributed by atoms with van der Waals surface area (Å²) in [6.45, 7) is 2.27. The summed E-state index contributed by atoms with van der Waals surface area (Å²) in [6, 6.07) is 8.63. The third kappa shape index (κ3) is 3.91. The lowest BCUT2D eigenvalue weighted by Gasteiger charge is -2.42. The van der Waals surface area contributed by atoms with Crippen LogP contribution >= 0.6 is 0 Å². The van der Waals surface area contributed by atoms with Gasteiger partial charge in [0.2, 0.25) is 0 Å². The Bertz CT molecular complexity index is 781. The van der Waals surface area contributed by atoms with E-state index in [1.807, 2.05) is 12.1 Å². The molecule has 0 spiro atoms. The van der Waals surface area contributed by atoms with E-state index in [2.05, 4.69) is 6.92 Å². The third-order valence-corrected chi connectivity index (χ3v) is 7.34. The number of unbranched alkanes of at least 4 members (excludes halogenated alkanes) is 2. The molecular weight excluding hydrogens is 338 g/mol. The lowest BCUT2D eigenvalue weighted by Crippen LogP contribution is -2.30. The maximum Gasteiger partial charge on any atom is 0.137 e. The second-order valence-electron chi connectivity index (χ2n) is 9.01. The quantitative estimate of drug-likeness (QED) is 0.468. The van der Waals surface area contributed by atoms with Gasteiger partial charge in [-0.15, -0.1) is 0 Å². The molecule has 146 valence electrons. The van der Waals surface area contributed by atoms with Gasteiger partial charge >= 0.3 is 0 Å². The summed E-state index contributed by atoms with van der Waals surface area (Å²) in [7, 11) is 0. The number of halogens is 2. The topological polar surface area (TPSA) is 0 Å². The summed E-state index contributed by atoms with van der Waals surface area (Å²) in [5.74, 6) is 1.99. The van der Waals surface area contributed by atoms with Gasteiger partial charge in [0.1, 0.15) is 11.6 Å². The van der Waals surface area contributed by atoms with E-state index in [1.165, 1.54) is 57.4 Å². The standard InChI is InChI=1S/C25H32F2/c1-2-3-4-6-17-9-10-20-16-21(12-11-19(20)15-17)22-14-13-18-7-5-8-23(26)24(18)25(22)27/h5,7-8,13-14,17,19-21H,2-4,6,9-12,15-16H2,1H3. The van der Waals surface area contributed by atoms with Crippen LogP contribution < -0.4 is 0 Å². The van der Waals surface area contributed by atoms with Crippen LogP contribution in [0.5, 0.6) is 0 Å². The molecule has 2 saturated carbocycles. The fourth-order valence-electron chi connectivity index (χ4n) is 5.84. The molecule has 2 aromatic carbocycles. The SMILES string of the molecule is CCCCCC1CCC2CC(c3ccc4cccc(F)c4c3F)CCC2C1. The van der Waals surface area contributed by atoms with Gasteiger partial charge in [-0.05, 0) is 72.8 Å². The van der Waals surface area contributed by atoms with Gasteiger partial charge in [0.15, 0.2) is 0 Å². The molecule has 0 bridgehead atoms. The van der Waals surface area contributed by atoms with Crippen molar-refractivity contribution in [3.8, 4) is 0 Å². The lowest BCUT2D eigenvalue weighted by atomic mass is 9.63. The predicted molar refractivity (Wildman–Crippen MR) is 109 cm³/mol. The Morgan fingerprint density at radius 2 is 1.70 bits per heavy atom. The summed E-state index contributed by atoms with van der Waals surface area (Å²) >= 11 is 0. The van der Waals surface area contributed by atoms with Crippen molar-refractivity contribution >= 4 is 10.8 Å². The highest BCUT2D eigenvalue weighted by Gasteiger charge is 2.36. The highest BCUT2D eigenvalue weighted by Crippen LogP contribution is 2.49. The Balaban J connectivity index is 1.46. The molecule has 0 heterocycles. The summed E-state index contributed by atoms with van der Waals surface area (Å²) in [6.07, 6.45) is 12.9. The average molecular weight is 371 g/mol. The van der Waals surface area contributed by atoms with E-state index in [1.54, 1.807) is 12.1 Å². The number of fused-ring (bicyclic) bond motifs is 2. The molecule has 4 atom stereocenters. The summed E-state index contributed by atoms with van der Waals surface area (Å²) < 4.78 is 29.3. The second kappa shape index (κ2) is 8.29. The Kier molecular flexibility index (Phi) is 5.80. The van der Waals surface area contributed by atoms with Crippen LogP contribution in [0.3, 0.4) is 0 Å². The van der Waals surface area contributed by atoms with Crippen molar-refractivity contribution in [1.82, 2.24) is 0 Å². The predicted octanol–water partition coefficient (Wildman–Crippen LogP) is 8.00. The fraction of sp³-hybridized carbons (Fsp3) is 0.600. The lowest BCUT2D eigenvalue weighted by molar-refractivity contribution is 0.112. The minimum atomic E-state index is -0.437. The molecule has 0 N–H and O–H groups in total. The van der Waals surface area contributed by atoms with Crippen molar-refractivity contribution in [1.29, 1.82) is 0 Å². The molecule has 0 aromatic heterocycles. The largest absolute Gasteiger partial charge is 0.206 e. The fourth-order valence-corrected chi connectivity index (χ4v) is 5.84. The first kappa shape index (κ1) is 18.9. The van der Waals surface area contributed by atoms with Crippen LogP contribution in [0.1, 0.15) is 82.6 Å². The number of benzene rings is 2. The number of hydrogen-bond donors (Lipinski definition) is 0. The van der Waals surface area contributed by atoms with Gasteiger partial charge in [-0.3, -0.25) is 0 Å². The molecular formula is C25H32F2. The minimum Gasteiger partial charge on any atom is -0.206 e. The van der Waals surface area contributed by atoms with Crippen LogP contribution in [0.4, 0.5) is 8.78 Å². The molecule has 0 nitrogen and oxygen atoms in total. The van der Waals surface area contributed by atoms with E-state index in [0.717, 1.165) is 36.2 Å². The molecule has 2 aliphatic carbocycles. The molecule has 0 aliphatic heterocycles. The minimum absolute atomic E-state index is 0.178. The Morgan fingerprint density at radius 3 is 2.56 bits per heavy atom. The van der Waals surface area contributed by atoms with Crippen molar-refractivity contribution in [2.24, 2.45) is 17.8 Å². The summed E-state index contributed by atoms with van der Waals surface area (Å²) in [4.78, 5) is 0. The Morgan fingerprint density at radius 1 is 0.889 bits per heavy atom. The van der Waals surface area contributed by atoms with E-state index < -0.39 is 5.82 Å². The van der Waals surface area contributed by atoms with Crippen LogP contribution in [0, 0.1) is 29.4 Å². The Hall–Kier alpha value is -1.44. The van der Waals surface area contributed by atoms with Gasteiger partial charge in [-0.2, -0.15) is 0 Å². The van der Waals surface area contributed by atoms with E-state index in [4.69, 9.17) is 0 Å². The zero-order chi connectivity index (χ0) is 18.8. The van der Waals surface area contributed by atoms with Crippen LogP contribution in [0.25, 0.3) is 10.8 Å². The smallest absolute Gasteiger partial charge is 0.137 e. The monoisotopic (exact) mass is 370 g/mol. The first-order valence-electron chi connectivity index (χ1n) is 11.0. The van der Waals surface area contributed by atoms with E-state index in [-0.39, 0.29) is 17.1 Å². The van der Waals surface area contributed by atoms with E-state index in [9.17, 15) is 4.39 Å². The van der Waals surface area contributed by atoms with Gasteiger partial charge < -0.3 is 0 Å². The number of rotatable bonds is 5. The molecule has 2 fully saturated rings. The summed E-state index contributed by atoms with van der Waals surface area (Å²) in [5.41, 5.74) is 0.746. The highest BCUT2D eigenvalue weighted by molar-refractivity contribution is 5.84. The van der Waals surface area contributed by atoms with Gasteiger partial charge in [-0.1, -0.05) is 63.3 Å². The van der Waals surface area contributed by atoms with E-state index in [0.29, 0.717) is 5.39 Å². The zero-order valence-corrected chi connectivity index (χ0v) is 16.5. The molecule has 0 radical (unpaired) electrons. The molecule has 2 aliphatic rings. The zero-order valence-electron chi connectivity index (χ0n) is 16.5. The second-order valence-corrected chi connectivity index (χ2v) is 9.01. The van der Waals surface area contributed by atoms with Gasteiger partial charge in [0.05, 0.1) is 5.39 Å². The van der Waals surface area contributed by atoms with Gasteiger partial charge in [-0.25, -0.2) is 8.78 Å². The molecule has 2 heteroatoms. The molecule has 0 saturated heterocycles. The van der Waals surface area contributed by atoms with Crippen molar-refractivity contribution in [3.63, 3.8) is 0 Å². The average Bonchev–Trinajstić information content (AvgIpc) is 2.68. The van der Waals surface area contributed by atoms with E-state index >= 15 is 4.39 Å². The van der Waals surface area contributed by atoms with Crippen molar-refractivity contribution in [2.75, 3.05) is 0 Å². The molecule has 0 amide bonds. The molecule has 27 heavy (non-hydrogen) atoms. The van der Waals surface area contributed by atoms with Crippen LogP contribution in [0.2, 0.25) is 0 Å². The first-order valence-corrected chi connectivity index (χ1v) is 11.0. The van der Waals surface area contributed by atoms with Gasteiger partial charge in [0.25, 0.3) is 0 Å². The normalized spacial score (nSPS) is 28.3. The number of hydrogen-bond acceptors (Lipinski definition) is 0. The Labute approximate surface area is 162 Å². The van der Waals surface area contributed by atoms with Gasteiger partial charge in [0, 0.05) is 0 Å². The molecule has 4 unspecified atom stereocenters. The van der Waals surface area contributed by atoms with Crippen LogP contribution in [-0.2, 0) is 0 Å². The highest BCUT2D eigenvalue weighted by atomic mass is 19.1. The molecule has 2 aromatic rings. The maximum absolute atomic E-state index is 15.1.